The van der Waals surface area contributed by atoms with Crippen LogP contribution in [0.4, 0.5) is 11.6 Å². The van der Waals surface area contributed by atoms with Gasteiger partial charge in [0, 0.05) is 44.0 Å². The number of likely N-dealkylation sites (tertiary alicyclic amines) is 1. The van der Waals surface area contributed by atoms with E-state index in [2.05, 4.69) is 20.3 Å². The number of amides is 1. The molecule has 8 heteroatoms. The number of piperidine rings is 1. The summed E-state index contributed by atoms with van der Waals surface area (Å²) in [7, 11) is 1.66. The fraction of sp³-hybridized carbons (Fsp3) is 0.348. The molecule has 0 unspecified atom stereocenters. The quantitative estimate of drug-likeness (QED) is 0.629. The van der Waals surface area contributed by atoms with Gasteiger partial charge in [-0.2, -0.15) is 0 Å². The Morgan fingerprint density at radius 1 is 1.10 bits per heavy atom. The lowest BCUT2D eigenvalue weighted by atomic mass is 9.93. The molecule has 0 bridgehead atoms. The number of methoxy groups -OCH3 is 1. The van der Waals surface area contributed by atoms with Crippen LogP contribution in [0.5, 0.6) is 5.75 Å². The Labute approximate surface area is 181 Å². The van der Waals surface area contributed by atoms with E-state index in [4.69, 9.17) is 9.72 Å². The molecule has 8 nitrogen and oxygen atoms in total. The molecule has 1 aliphatic rings. The van der Waals surface area contributed by atoms with Gasteiger partial charge < -0.3 is 15.0 Å². The second kappa shape index (κ2) is 9.97. The SMILES string of the molecule is COc1ccccc1CCC(=O)N1CCC(c2cncc(Nc3cnccn3)n2)CC1. The summed E-state index contributed by atoms with van der Waals surface area (Å²) >= 11 is 0. The maximum Gasteiger partial charge on any atom is 0.222 e. The zero-order chi connectivity index (χ0) is 21.5. The van der Waals surface area contributed by atoms with Crippen molar-refractivity contribution in [2.24, 2.45) is 0 Å². The number of benzene rings is 1. The number of nitrogens with one attached hydrogen (secondary N) is 1. The molecule has 0 saturated carbocycles. The molecule has 3 aromatic rings. The van der Waals surface area contributed by atoms with E-state index in [1.54, 1.807) is 31.9 Å². The van der Waals surface area contributed by atoms with E-state index < -0.39 is 0 Å². The van der Waals surface area contributed by atoms with Gasteiger partial charge in [-0.25, -0.2) is 9.97 Å². The maximum absolute atomic E-state index is 12.7. The molecule has 1 saturated heterocycles. The van der Waals surface area contributed by atoms with E-state index in [0.717, 1.165) is 42.9 Å². The fourth-order valence-electron chi connectivity index (χ4n) is 3.87. The topological polar surface area (TPSA) is 93.1 Å². The van der Waals surface area contributed by atoms with Crippen LogP contribution >= 0.6 is 0 Å². The average Bonchev–Trinajstić information content (AvgIpc) is 2.83. The van der Waals surface area contributed by atoms with Gasteiger partial charge in [0.1, 0.15) is 17.4 Å². The van der Waals surface area contributed by atoms with Crippen LogP contribution in [0.2, 0.25) is 0 Å². The Hall–Kier alpha value is -3.55. The third kappa shape index (κ3) is 5.33. The van der Waals surface area contributed by atoms with Gasteiger partial charge in [0.15, 0.2) is 0 Å². The Balaban J connectivity index is 1.30. The van der Waals surface area contributed by atoms with E-state index in [9.17, 15) is 4.79 Å². The highest BCUT2D eigenvalue weighted by Crippen LogP contribution is 2.28. The van der Waals surface area contributed by atoms with Crippen LogP contribution in [-0.2, 0) is 11.2 Å². The molecule has 1 fully saturated rings. The number of rotatable bonds is 7. The molecule has 0 aliphatic carbocycles. The van der Waals surface area contributed by atoms with Crippen LogP contribution < -0.4 is 10.1 Å². The fourth-order valence-corrected chi connectivity index (χ4v) is 3.87. The summed E-state index contributed by atoms with van der Waals surface area (Å²) in [6.45, 7) is 1.47. The monoisotopic (exact) mass is 418 g/mol. The molecule has 0 atom stereocenters. The third-order valence-corrected chi connectivity index (χ3v) is 5.54. The second-order valence-electron chi connectivity index (χ2n) is 7.51. The number of nitrogens with zero attached hydrogens (tertiary/aromatic N) is 5. The maximum atomic E-state index is 12.7. The van der Waals surface area contributed by atoms with Crippen LogP contribution in [0.1, 0.15) is 36.4 Å². The van der Waals surface area contributed by atoms with Crippen LogP contribution in [0, 0.1) is 0 Å². The summed E-state index contributed by atoms with van der Waals surface area (Å²) in [5.74, 6) is 2.59. The van der Waals surface area contributed by atoms with Gasteiger partial charge in [-0.3, -0.25) is 14.8 Å². The Bertz CT molecular complexity index is 1010. The first-order valence-electron chi connectivity index (χ1n) is 10.5. The number of para-hydroxylation sites is 1. The smallest absolute Gasteiger partial charge is 0.222 e. The third-order valence-electron chi connectivity index (χ3n) is 5.54. The minimum absolute atomic E-state index is 0.188. The highest BCUT2D eigenvalue weighted by atomic mass is 16.5. The summed E-state index contributed by atoms with van der Waals surface area (Å²) in [6.07, 6.45) is 11.3. The lowest BCUT2D eigenvalue weighted by molar-refractivity contribution is -0.132. The van der Waals surface area contributed by atoms with Crippen LogP contribution in [0.15, 0.2) is 55.2 Å². The summed E-state index contributed by atoms with van der Waals surface area (Å²) in [5.41, 5.74) is 2.01. The molecule has 0 radical (unpaired) electrons. The van der Waals surface area contributed by atoms with Crippen molar-refractivity contribution in [2.75, 3.05) is 25.5 Å². The van der Waals surface area contributed by atoms with Crippen molar-refractivity contribution in [2.45, 2.75) is 31.6 Å². The highest BCUT2D eigenvalue weighted by molar-refractivity contribution is 5.76. The number of hydrogen-bond donors (Lipinski definition) is 1. The van der Waals surface area contributed by atoms with Crippen LogP contribution in [0.3, 0.4) is 0 Å². The number of carbonyl (C=O) groups excluding carboxylic acids is 1. The van der Waals surface area contributed by atoms with Crippen molar-refractivity contribution < 1.29 is 9.53 Å². The number of aromatic nitrogens is 4. The summed E-state index contributed by atoms with van der Waals surface area (Å²) in [5, 5.41) is 3.13. The summed E-state index contributed by atoms with van der Waals surface area (Å²) in [6, 6.07) is 7.86. The highest BCUT2D eigenvalue weighted by Gasteiger charge is 2.25. The molecule has 1 aromatic carbocycles. The predicted octanol–water partition coefficient (Wildman–Crippen LogP) is 3.36. The average molecular weight is 419 g/mol. The van der Waals surface area contributed by atoms with Gasteiger partial charge in [0.05, 0.1) is 25.2 Å². The van der Waals surface area contributed by atoms with E-state index in [-0.39, 0.29) is 11.8 Å². The van der Waals surface area contributed by atoms with Crippen LogP contribution in [-0.4, -0.2) is 50.9 Å². The second-order valence-corrected chi connectivity index (χ2v) is 7.51. The van der Waals surface area contributed by atoms with Crippen molar-refractivity contribution >= 4 is 17.5 Å². The van der Waals surface area contributed by atoms with Crippen molar-refractivity contribution in [1.82, 2.24) is 24.8 Å². The van der Waals surface area contributed by atoms with E-state index >= 15 is 0 Å². The predicted molar refractivity (Wildman–Crippen MR) is 117 cm³/mol. The molecular weight excluding hydrogens is 392 g/mol. The summed E-state index contributed by atoms with van der Waals surface area (Å²) < 4.78 is 5.38. The number of anilines is 2. The van der Waals surface area contributed by atoms with Gasteiger partial charge >= 0.3 is 0 Å². The number of ether oxygens (including phenoxy) is 1. The molecular formula is C23H26N6O2. The van der Waals surface area contributed by atoms with Crippen molar-refractivity contribution in [3.8, 4) is 5.75 Å². The number of hydrogen-bond acceptors (Lipinski definition) is 7. The molecule has 4 rings (SSSR count). The molecule has 160 valence electrons. The lowest BCUT2D eigenvalue weighted by Crippen LogP contribution is -2.38. The van der Waals surface area contributed by atoms with Crippen molar-refractivity contribution in [3.63, 3.8) is 0 Å². The zero-order valence-electron chi connectivity index (χ0n) is 17.6. The molecule has 31 heavy (non-hydrogen) atoms. The first kappa shape index (κ1) is 20.7. The molecule has 1 N–H and O–H groups in total. The molecule has 1 amide bonds. The van der Waals surface area contributed by atoms with Gasteiger partial charge in [0.2, 0.25) is 5.91 Å². The normalized spacial score (nSPS) is 14.3. The Kier molecular flexibility index (Phi) is 6.66. The Morgan fingerprint density at radius 3 is 2.68 bits per heavy atom. The first-order chi connectivity index (χ1) is 15.2. The van der Waals surface area contributed by atoms with Crippen molar-refractivity contribution in [3.05, 3.63) is 66.5 Å². The largest absolute Gasteiger partial charge is 0.496 e. The first-order valence-corrected chi connectivity index (χ1v) is 10.5. The number of aryl methyl sites for hydroxylation is 1. The summed E-state index contributed by atoms with van der Waals surface area (Å²) in [4.78, 5) is 31.9. The molecule has 0 spiro atoms. The lowest BCUT2D eigenvalue weighted by Gasteiger charge is -2.32. The van der Waals surface area contributed by atoms with E-state index in [0.29, 0.717) is 24.5 Å². The molecule has 2 aromatic heterocycles. The number of carbonyl (C=O) groups is 1. The van der Waals surface area contributed by atoms with Crippen molar-refractivity contribution in [1.29, 1.82) is 0 Å². The van der Waals surface area contributed by atoms with E-state index in [1.165, 1.54) is 0 Å². The minimum Gasteiger partial charge on any atom is -0.496 e. The minimum atomic E-state index is 0.188. The van der Waals surface area contributed by atoms with Gasteiger partial charge in [-0.15, -0.1) is 0 Å². The van der Waals surface area contributed by atoms with E-state index in [1.807, 2.05) is 35.4 Å². The van der Waals surface area contributed by atoms with Gasteiger partial charge in [0.25, 0.3) is 0 Å². The van der Waals surface area contributed by atoms with Crippen LogP contribution in [0.25, 0.3) is 0 Å². The molecule has 3 heterocycles. The Morgan fingerprint density at radius 2 is 1.90 bits per heavy atom. The standard InChI is InChI=1S/C23H26N6O2/c1-31-20-5-3-2-4-18(20)6-7-23(30)29-12-8-17(9-13-29)19-14-25-16-22(27-19)28-21-15-24-10-11-26-21/h2-5,10-11,14-17H,6-9,12-13H2,1H3,(H,26,27,28). The molecule has 1 aliphatic heterocycles. The van der Waals surface area contributed by atoms with Gasteiger partial charge in [-0.05, 0) is 30.9 Å². The zero-order valence-corrected chi connectivity index (χ0v) is 17.6. The van der Waals surface area contributed by atoms with Gasteiger partial charge in [-0.1, -0.05) is 18.2 Å².